The fraction of sp³-hybridized carbons (Fsp3) is 0.333. The Morgan fingerprint density at radius 2 is 1.96 bits per heavy atom. The summed E-state index contributed by atoms with van der Waals surface area (Å²) in [5.74, 6) is -0.201. The molecule has 0 aliphatic heterocycles. The third kappa shape index (κ3) is 4.29. The van der Waals surface area contributed by atoms with Crippen molar-refractivity contribution in [2.45, 2.75) is 25.9 Å². The number of aryl methyl sites for hydroxylation is 1. The van der Waals surface area contributed by atoms with E-state index in [2.05, 4.69) is 0 Å². The van der Waals surface area contributed by atoms with E-state index >= 15 is 0 Å². The smallest absolute Gasteiger partial charge is 0.254 e. The summed E-state index contributed by atoms with van der Waals surface area (Å²) in [7, 11) is 1.65. The maximum absolute atomic E-state index is 12.8. The quantitative estimate of drug-likeness (QED) is 0.884. The van der Waals surface area contributed by atoms with E-state index in [0.717, 1.165) is 5.56 Å². The van der Waals surface area contributed by atoms with Crippen molar-refractivity contribution in [3.05, 3.63) is 70.1 Å². The molecule has 0 aliphatic carbocycles. The van der Waals surface area contributed by atoms with E-state index in [1.807, 2.05) is 37.3 Å². The lowest BCUT2D eigenvalue weighted by atomic mass is 10.1. The highest BCUT2D eigenvalue weighted by molar-refractivity contribution is 5.94. The number of amides is 1. The van der Waals surface area contributed by atoms with Crippen molar-refractivity contribution in [2.24, 2.45) is 7.05 Å². The molecule has 122 valence electrons. The van der Waals surface area contributed by atoms with E-state index in [1.165, 1.54) is 10.6 Å². The molecule has 5 nitrogen and oxygen atoms in total. The molecule has 1 heterocycles. The molecule has 1 N–H and O–H groups in total. The van der Waals surface area contributed by atoms with Crippen LogP contribution in [-0.4, -0.2) is 33.1 Å². The maximum Gasteiger partial charge on any atom is 0.254 e. The largest absolute Gasteiger partial charge is 0.396 e. The van der Waals surface area contributed by atoms with Crippen LogP contribution in [0.25, 0.3) is 0 Å². The van der Waals surface area contributed by atoms with Crippen LogP contribution in [0.1, 0.15) is 29.3 Å². The molecule has 0 saturated heterocycles. The molecule has 5 heteroatoms. The second-order valence-corrected chi connectivity index (χ2v) is 5.64. The SMILES string of the molecule is CC(CCO)N(Cc1ccccc1)C(=O)c1ccn(C)c(=O)c1. The molecule has 2 aromatic rings. The number of pyridine rings is 1. The van der Waals surface area contributed by atoms with Crippen LogP contribution in [0.4, 0.5) is 0 Å². The molecule has 0 fully saturated rings. The van der Waals surface area contributed by atoms with Gasteiger partial charge in [-0.2, -0.15) is 0 Å². The lowest BCUT2D eigenvalue weighted by Crippen LogP contribution is -2.39. The first-order valence-corrected chi connectivity index (χ1v) is 7.65. The number of hydrogen-bond acceptors (Lipinski definition) is 3. The Kier molecular flexibility index (Phi) is 5.71. The zero-order chi connectivity index (χ0) is 16.8. The summed E-state index contributed by atoms with van der Waals surface area (Å²) in [4.78, 5) is 26.3. The van der Waals surface area contributed by atoms with Gasteiger partial charge in [-0.15, -0.1) is 0 Å². The van der Waals surface area contributed by atoms with E-state index in [-0.39, 0.29) is 24.1 Å². The first-order valence-electron chi connectivity index (χ1n) is 7.65. The molecule has 0 spiro atoms. The second-order valence-electron chi connectivity index (χ2n) is 5.64. The molecule has 1 atom stereocenters. The van der Waals surface area contributed by atoms with Gasteiger partial charge in [-0.25, -0.2) is 0 Å². The number of hydrogen-bond donors (Lipinski definition) is 1. The van der Waals surface area contributed by atoms with Gasteiger partial charge in [-0.3, -0.25) is 9.59 Å². The van der Waals surface area contributed by atoms with Gasteiger partial charge in [-0.05, 0) is 25.0 Å². The average molecular weight is 314 g/mol. The van der Waals surface area contributed by atoms with Crippen LogP contribution in [0.3, 0.4) is 0 Å². The first-order chi connectivity index (χ1) is 11.0. The van der Waals surface area contributed by atoms with Crippen molar-refractivity contribution in [1.29, 1.82) is 0 Å². The summed E-state index contributed by atoms with van der Waals surface area (Å²) in [6, 6.07) is 12.6. The lowest BCUT2D eigenvalue weighted by Gasteiger charge is -2.29. The molecule has 1 aromatic carbocycles. The lowest BCUT2D eigenvalue weighted by molar-refractivity contribution is 0.0648. The Morgan fingerprint density at radius 3 is 2.57 bits per heavy atom. The van der Waals surface area contributed by atoms with E-state index < -0.39 is 0 Å². The van der Waals surface area contributed by atoms with Crippen molar-refractivity contribution in [3.8, 4) is 0 Å². The van der Waals surface area contributed by atoms with Gasteiger partial charge in [0.05, 0.1) is 0 Å². The van der Waals surface area contributed by atoms with Crippen LogP contribution in [-0.2, 0) is 13.6 Å². The summed E-state index contributed by atoms with van der Waals surface area (Å²) in [6.07, 6.45) is 2.08. The number of aromatic nitrogens is 1. The highest BCUT2D eigenvalue weighted by Gasteiger charge is 2.22. The van der Waals surface area contributed by atoms with Crippen molar-refractivity contribution >= 4 is 5.91 Å². The normalized spacial score (nSPS) is 12.0. The van der Waals surface area contributed by atoms with Crippen LogP contribution in [0.2, 0.25) is 0 Å². The van der Waals surface area contributed by atoms with Gasteiger partial charge >= 0.3 is 0 Å². The third-order valence-electron chi connectivity index (χ3n) is 3.89. The monoisotopic (exact) mass is 314 g/mol. The van der Waals surface area contributed by atoms with Gasteiger partial charge < -0.3 is 14.6 Å². The predicted molar refractivity (Wildman–Crippen MR) is 89.2 cm³/mol. The molecule has 1 amide bonds. The Morgan fingerprint density at radius 1 is 1.26 bits per heavy atom. The van der Waals surface area contributed by atoms with Crippen molar-refractivity contribution in [1.82, 2.24) is 9.47 Å². The topological polar surface area (TPSA) is 62.5 Å². The number of carbonyl (C=O) groups is 1. The summed E-state index contributed by atoms with van der Waals surface area (Å²) in [5.41, 5.74) is 1.16. The number of benzene rings is 1. The molecule has 0 aliphatic rings. The highest BCUT2D eigenvalue weighted by atomic mass is 16.3. The minimum absolute atomic E-state index is 0.0102. The Labute approximate surface area is 135 Å². The Bertz CT molecular complexity index is 710. The summed E-state index contributed by atoms with van der Waals surface area (Å²) >= 11 is 0. The fourth-order valence-electron chi connectivity index (χ4n) is 2.40. The van der Waals surface area contributed by atoms with E-state index in [9.17, 15) is 14.7 Å². The summed E-state index contributed by atoms with van der Waals surface area (Å²) in [5, 5.41) is 9.19. The number of nitrogens with zero attached hydrogens (tertiary/aromatic N) is 2. The first kappa shape index (κ1) is 17.0. The molecular weight excluding hydrogens is 292 g/mol. The molecular formula is C18H22N2O3. The van der Waals surface area contributed by atoms with Gasteiger partial charge in [0.1, 0.15) is 0 Å². The predicted octanol–water partition coefficient (Wildman–Crippen LogP) is 1.80. The van der Waals surface area contributed by atoms with Crippen LogP contribution in [0.5, 0.6) is 0 Å². The van der Waals surface area contributed by atoms with E-state index in [1.54, 1.807) is 24.2 Å². The average Bonchev–Trinajstić information content (AvgIpc) is 2.55. The van der Waals surface area contributed by atoms with Gasteiger partial charge in [0.2, 0.25) is 0 Å². The summed E-state index contributed by atoms with van der Waals surface area (Å²) < 4.78 is 1.43. The van der Waals surface area contributed by atoms with Gasteiger partial charge in [0.25, 0.3) is 11.5 Å². The maximum atomic E-state index is 12.8. The number of aliphatic hydroxyl groups is 1. The van der Waals surface area contributed by atoms with Crippen molar-refractivity contribution < 1.29 is 9.90 Å². The minimum atomic E-state index is -0.217. The van der Waals surface area contributed by atoms with E-state index in [4.69, 9.17) is 0 Å². The second kappa shape index (κ2) is 7.74. The van der Waals surface area contributed by atoms with Crippen LogP contribution in [0.15, 0.2) is 53.5 Å². The van der Waals surface area contributed by atoms with Crippen LogP contribution >= 0.6 is 0 Å². The molecule has 2 rings (SSSR count). The van der Waals surface area contributed by atoms with Crippen molar-refractivity contribution in [3.63, 3.8) is 0 Å². The third-order valence-corrected chi connectivity index (χ3v) is 3.89. The number of aliphatic hydroxyl groups excluding tert-OH is 1. The molecule has 0 bridgehead atoms. The molecule has 0 saturated carbocycles. The molecule has 1 aromatic heterocycles. The molecule has 23 heavy (non-hydrogen) atoms. The summed E-state index contributed by atoms with van der Waals surface area (Å²) in [6.45, 7) is 2.35. The molecule has 0 radical (unpaired) electrons. The molecule has 1 unspecified atom stereocenters. The van der Waals surface area contributed by atoms with Gasteiger partial charge in [-0.1, -0.05) is 30.3 Å². The zero-order valence-electron chi connectivity index (χ0n) is 13.5. The van der Waals surface area contributed by atoms with Crippen molar-refractivity contribution in [2.75, 3.05) is 6.61 Å². The van der Waals surface area contributed by atoms with Crippen LogP contribution < -0.4 is 5.56 Å². The Hall–Kier alpha value is -2.40. The number of carbonyl (C=O) groups excluding carboxylic acids is 1. The van der Waals surface area contributed by atoms with Gasteiger partial charge in [0.15, 0.2) is 0 Å². The minimum Gasteiger partial charge on any atom is -0.396 e. The highest BCUT2D eigenvalue weighted by Crippen LogP contribution is 2.14. The van der Waals surface area contributed by atoms with E-state index in [0.29, 0.717) is 18.5 Å². The standard InChI is InChI=1S/C18H22N2O3/c1-14(9-11-21)20(13-15-6-4-3-5-7-15)18(23)16-8-10-19(2)17(22)12-16/h3-8,10,12,14,21H,9,11,13H2,1-2H3. The van der Waals surface area contributed by atoms with Gasteiger partial charge in [0, 0.05) is 44.1 Å². The fourth-order valence-corrected chi connectivity index (χ4v) is 2.40. The number of rotatable bonds is 6. The van der Waals surface area contributed by atoms with Crippen LogP contribution in [0, 0.1) is 0 Å². The zero-order valence-corrected chi connectivity index (χ0v) is 13.5. The Balaban J connectivity index is 2.30.